The third kappa shape index (κ3) is 5.31. The highest BCUT2D eigenvalue weighted by Crippen LogP contribution is 2.23. The molecule has 1 unspecified atom stereocenters. The van der Waals surface area contributed by atoms with Gasteiger partial charge < -0.3 is 9.80 Å². The highest BCUT2D eigenvalue weighted by Gasteiger charge is 2.23. The quantitative estimate of drug-likeness (QED) is 0.776. The second-order valence-electron chi connectivity index (χ2n) is 8.61. The van der Waals surface area contributed by atoms with Crippen LogP contribution in [0.5, 0.6) is 0 Å². The number of piperidine rings is 1. The molecule has 1 aromatic carbocycles. The molecule has 156 valence electrons. The summed E-state index contributed by atoms with van der Waals surface area (Å²) in [5.41, 5.74) is 1.87. The number of hydrogen-bond donors (Lipinski definition) is 0. The first-order valence-electron chi connectivity index (χ1n) is 10.8. The molecule has 0 aliphatic carbocycles. The van der Waals surface area contributed by atoms with Gasteiger partial charge in [0, 0.05) is 51.1 Å². The Kier molecular flexibility index (Phi) is 6.40. The van der Waals surface area contributed by atoms with Crippen molar-refractivity contribution < 1.29 is 9.18 Å². The van der Waals surface area contributed by atoms with Crippen LogP contribution in [0.2, 0.25) is 0 Å². The smallest absolute Gasteiger partial charge is 0.222 e. The van der Waals surface area contributed by atoms with E-state index in [-0.39, 0.29) is 5.82 Å². The van der Waals surface area contributed by atoms with E-state index in [1.165, 1.54) is 25.0 Å². The number of rotatable bonds is 5. The van der Waals surface area contributed by atoms with Crippen molar-refractivity contribution in [2.75, 3.05) is 46.3 Å². The number of nitrogens with zero attached hydrogens (tertiary/aromatic N) is 4. The summed E-state index contributed by atoms with van der Waals surface area (Å²) >= 11 is 0. The summed E-state index contributed by atoms with van der Waals surface area (Å²) in [6.07, 6.45) is 4.03. The first-order valence-corrected chi connectivity index (χ1v) is 10.8. The van der Waals surface area contributed by atoms with E-state index in [1.54, 1.807) is 6.07 Å². The summed E-state index contributed by atoms with van der Waals surface area (Å²) in [5.74, 6) is 0.672. The number of hydrogen-bond acceptors (Lipinski definition) is 4. The van der Waals surface area contributed by atoms with Gasteiger partial charge in [-0.05, 0) is 63.0 Å². The summed E-state index contributed by atoms with van der Waals surface area (Å²) in [6, 6.07) is 8.70. The molecule has 5 nitrogen and oxygen atoms in total. The van der Waals surface area contributed by atoms with Crippen molar-refractivity contribution in [3.8, 4) is 0 Å². The average molecular weight is 399 g/mol. The predicted molar refractivity (Wildman–Crippen MR) is 113 cm³/mol. The van der Waals surface area contributed by atoms with Crippen LogP contribution in [0.15, 0.2) is 30.3 Å². The molecule has 29 heavy (non-hydrogen) atoms. The Balaban J connectivity index is 1.28. The van der Waals surface area contributed by atoms with Crippen molar-refractivity contribution in [3.05, 3.63) is 41.8 Å². The van der Waals surface area contributed by atoms with Gasteiger partial charge in [0.15, 0.2) is 0 Å². The fourth-order valence-electron chi connectivity index (χ4n) is 4.53. The van der Waals surface area contributed by atoms with Crippen molar-refractivity contribution in [1.82, 2.24) is 19.7 Å². The van der Waals surface area contributed by atoms with E-state index in [2.05, 4.69) is 16.8 Å². The zero-order valence-electron chi connectivity index (χ0n) is 17.3. The first-order chi connectivity index (χ1) is 14.1. The van der Waals surface area contributed by atoms with Gasteiger partial charge in [-0.15, -0.1) is 0 Å². The second kappa shape index (κ2) is 9.18. The number of halogens is 1. The lowest BCUT2D eigenvalue weighted by Crippen LogP contribution is -2.47. The molecule has 0 radical (unpaired) electrons. The van der Waals surface area contributed by atoms with E-state index in [9.17, 15) is 9.18 Å². The maximum absolute atomic E-state index is 13.4. The topological polar surface area (TPSA) is 39.7 Å². The van der Waals surface area contributed by atoms with E-state index in [4.69, 9.17) is 4.98 Å². The number of carbonyl (C=O) groups is 1. The number of fused-ring (bicyclic) bond motifs is 1. The van der Waals surface area contributed by atoms with Crippen LogP contribution in [0.4, 0.5) is 4.39 Å². The summed E-state index contributed by atoms with van der Waals surface area (Å²) in [7, 11) is 2.11. The number of likely N-dealkylation sites (N-methyl/N-ethyl adjacent to an activating group) is 1. The van der Waals surface area contributed by atoms with Crippen LogP contribution in [0, 0.1) is 11.7 Å². The Hall–Kier alpha value is -2.05. The molecule has 2 fully saturated rings. The van der Waals surface area contributed by atoms with Crippen LogP contribution < -0.4 is 0 Å². The highest BCUT2D eigenvalue weighted by molar-refractivity contribution is 5.78. The van der Waals surface area contributed by atoms with Crippen molar-refractivity contribution in [1.29, 1.82) is 0 Å². The number of aromatic nitrogens is 1. The standard InChI is InChI=1S/C23H31FN4O/c1-26-11-13-28(14-12-26)23(29)9-4-18-3-2-10-27(16-18)17-21-7-5-19-15-20(24)6-8-22(19)25-21/h5-8,15,18H,2-4,9-14,16-17H2,1H3. The molecule has 6 heteroatoms. The predicted octanol–water partition coefficient (Wildman–Crippen LogP) is 3.14. The SMILES string of the molecule is CN1CCN(C(=O)CCC2CCCN(Cc3ccc4cc(F)ccc4n3)C2)CC1. The van der Waals surface area contributed by atoms with Gasteiger partial charge in [0.2, 0.25) is 5.91 Å². The number of piperazine rings is 1. The summed E-state index contributed by atoms with van der Waals surface area (Å²) in [5, 5.41) is 0.840. The van der Waals surface area contributed by atoms with Crippen LogP contribution in [0.3, 0.4) is 0 Å². The average Bonchev–Trinajstić information content (AvgIpc) is 2.73. The molecule has 0 bridgehead atoms. The van der Waals surface area contributed by atoms with E-state index < -0.39 is 0 Å². The third-order valence-corrected chi connectivity index (χ3v) is 6.32. The molecule has 0 N–H and O–H groups in total. The molecule has 1 aromatic heterocycles. The Morgan fingerprint density at radius 1 is 1.14 bits per heavy atom. The zero-order chi connectivity index (χ0) is 20.2. The lowest BCUT2D eigenvalue weighted by atomic mass is 9.93. The van der Waals surface area contributed by atoms with Crippen LogP contribution in [0.1, 0.15) is 31.4 Å². The Morgan fingerprint density at radius 3 is 2.79 bits per heavy atom. The van der Waals surface area contributed by atoms with Gasteiger partial charge in [-0.25, -0.2) is 4.39 Å². The van der Waals surface area contributed by atoms with Crippen molar-refractivity contribution in [3.63, 3.8) is 0 Å². The molecule has 0 spiro atoms. The zero-order valence-corrected chi connectivity index (χ0v) is 17.3. The lowest BCUT2D eigenvalue weighted by molar-refractivity contribution is -0.133. The van der Waals surface area contributed by atoms with Gasteiger partial charge in [-0.2, -0.15) is 0 Å². The number of carbonyl (C=O) groups excluding carboxylic acids is 1. The highest BCUT2D eigenvalue weighted by atomic mass is 19.1. The molecule has 3 heterocycles. The maximum atomic E-state index is 13.4. The van der Waals surface area contributed by atoms with Crippen LogP contribution in [0.25, 0.3) is 10.9 Å². The minimum atomic E-state index is -0.225. The van der Waals surface area contributed by atoms with E-state index >= 15 is 0 Å². The van der Waals surface area contributed by atoms with Crippen LogP contribution in [-0.2, 0) is 11.3 Å². The molecule has 2 saturated heterocycles. The molecule has 4 rings (SSSR count). The van der Waals surface area contributed by atoms with Gasteiger partial charge in [0.05, 0.1) is 11.2 Å². The summed E-state index contributed by atoms with van der Waals surface area (Å²) in [6.45, 7) is 6.61. The van der Waals surface area contributed by atoms with Gasteiger partial charge in [-0.3, -0.25) is 14.7 Å². The summed E-state index contributed by atoms with van der Waals surface area (Å²) in [4.78, 5) is 24.0. The normalized spacial score (nSPS) is 21.6. The Bertz CT molecular complexity index is 850. The number of pyridine rings is 1. The fourth-order valence-corrected chi connectivity index (χ4v) is 4.53. The van der Waals surface area contributed by atoms with Crippen molar-refractivity contribution in [2.24, 2.45) is 5.92 Å². The minimum absolute atomic E-state index is 0.225. The van der Waals surface area contributed by atoms with Gasteiger partial charge >= 0.3 is 0 Å². The lowest BCUT2D eigenvalue weighted by Gasteiger charge is -2.34. The van der Waals surface area contributed by atoms with Crippen molar-refractivity contribution in [2.45, 2.75) is 32.2 Å². The fraction of sp³-hybridized carbons (Fsp3) is 0.565. The molecular formula is C23H31FN4O. The van der Waals surface area contributed by atoms with Crippen LogP contribution in [-0.4, -0.2) is 71.9 Å². The van der Waals surface area contributed by atoms with E-state index in [0.717, 1.165) is 68.8 Å². The van der Waals surface area contributed by atoms with Crippen molar-refractivity contribution >= 4 is 16.8 Å². The molecule has 1 atom stereocenters. The van der Waals surface area contributed by atoms with Gasteiger partial charge in [-0.1, -0.05) is 6.07 Å². The maximum Gasteiger partial charge on any atom is 0.222 e. The monoisotopic (exact) mass is 398 g/mol. The molecule has 0 saturated carbocycles. The summed E-state index contributed by atoms with van der Waals surface area (Å²) < 4.78 is 13.4. The van der Waals surface area contributed by atoms with Crippen LogP contribution >= 0.6 is 0 Å². The molecule has 2 aliphatic rings. The Morgan fingerprint density at radius 2 is 1.97 bits per heavy atom. The van der Waals surface area contributed by atoms with E-state index in [0.29, 0.717) is 18.2 Å². The third-order valence-electron chi connectivity index (χ3n) is 6.32. The number of amides is 1. The second-order valence-corrected chi connectivity index (χ2v) is 8.61. The van der Waals surface area contributed by atoms with E-state index in [1.807, 2.05) is 17.0 Å². The molecular weight excluding hydrogens is 367 g/mol. The van der Waals surface area contributed by atoms with Gasteiger partial charge in [0.25, 0.3) is 0 Å². The molecule has 2 aromatic rings. The minimum Gasteiger partial charge on any atom is -0.340 e. The molecule has 1 amide bonds. The largest absolute Gasteiger partial charge is 0.340 e. The number of likely N-dealkylation sites (tertiary alicyclic amines) is 1. The van der Waals surface area contributed by atoms with Gasteiger partial charge in [0.1, 0.15) is 5.82 Å². The first kappa shape index (κ1) is 20.2. The number of benzene rings is 1. The Labute approximate surface area is 172 Å². The molecule has 2 aliphatic heterocycles.